The van der Waals surface area contributed by atoms with Crippen LogP contribution >= 0.6 is 0 Å². The highest BCUT2D eigenvalue weighted by atomic mass is 16.1. The van der Waals surface area contributed by atoms with Crippen molar-refractivity contribution >= 4 is 5.78 Å². The Morgan fingerprint density at radius 1 is 1.40 bits per heavy atom. The Morgan fingerprint density at radius 2 is 2.10 bits per heavy atom. The summed E-state index contributed by atoms with van der Waals surface area (Å²) in [5.41, 5.74) is 0. The third-order valence-electron chi connectivity index (χ3n) is 1.31. The fourth-order valence-electron chi connectivity index (χ4n) is 0.764. The van der Waals surface area contributed by atoms with Crippen LogP contribution < -0.4 is 5.32 Å². The van der Waals surface area contributed by atoms with Gasteiger partial charge in [0.1, 0.15) is 5.78 Å². The van der Waals surface area contributed by atoms with Gasteiger partial charge in [-0.1, -0.05) is 6.92 Å². The molecule has 0 saturated carbocycles. The van der Waals surface area contributed by atoms with E-state index in [4.69, 9.17) is 0 Å². The molecule has 10 heavy (non-hydrogen) atoms. The predicted octanol–water partition coefficient (Wildman–Crippen LogP) is 1.36. The molecule has 2 nitrogen and oxygen atoms in total. The van der Waals surface area contributed by atoms with E-state index in [9.17, 15) is 4.79 Å². The first kappa shape index (κ1) is 9.63. The standard InChI is InChI=1S/C8H17NO/c1-3-6-9-7-4-5-8(2)10/h9H,3-7H2,1-2H3. The average Bonchev–Trinajstić information content (AvgIpc) is 1.87. The monoisotopic (exact) mass is 143 g/mol. The quantitative estimate of drug-likeness (QED) is 0.569. The summed E-state index contributed by atoms with van der Waals surface area (Å²) in [6, 6.07) is 0. The van der Waals surface area contributed by atoms with Crippen molar-refractivity contribution in [2.45, 2.75) is 33.1 Å². The van der Waals surface area contributed by atoms with Crippen LogP contribution in [-0.4, -0.2) is 18.9 Å². The number of hydrogen-bond acceptors (Lipinski definition) is 2. The fraction of sp³-hybridized carbons (Fsp3) is 0.875. The Labute approximate surface area is 63.0 Å². The summed E-state index contributed by atoms with van der Waals surface area (Å²) in [5, 5.41) is 3.24. The minimum Gasteiger partial charge on any atom is -0.317 e. The minimum absolute atomic E-state index is 0.290. The summed E-state index contributed by atoms with van der Waals surface area (Å²) in [7, 11) is 0. The molecule has 0 amide bonds. The zero-order valence-electron chi connectivity index (χ0n) is 6.94. The first-order valence-corrected chi connectivity index (χ1v) is 3.97. The summed E-state index contributed by atoms with van der Waals surface area (Å²) < 4.78 is 0. The molecular formula is C8H17NO. The van der Waals surface area contributed by atoms with E-state index in [1.54, 1.807) is 6.92 Å². The molecule has 0 aliphatic rings. The van der Waals surface area contributed by atoms with Crippen LogP contribution in [-0.2, 0) is 4.79 Å². The van der Waals surface area contributed by atoms with Crippen molar-refractivity contribution in [2.75, 3.05) is 13.1 Å². The smallest absolute Gasteiger partial charge is 0.129 e. The molecule has 0 spiro atoms. The highest BCUT2D eigenvalue weighted by molar-refractivity contribution is 5.75. The molecule has 0 aromatic rings. The van der Waals surface area contributed by atoms with Crippen LogP contribution in [0.5, 0.6) is 0 Å². The molecule has 0 saturated heterocycles. The fourth-order valence-corrected chi connectivity index (χ4v) is 0.764. The predicted molar refractivity (Wildman–Crippen MR) is 43.1 cm³/mol. The second-order valence-electron chi connectivity index (χ2n) is 2.56. The maximum Gasteiger partial charge on any atom is 0.129 e. The Kier molecular flexibility index (Phi) is 6.50. The molecule has 0 unspecified atom stereocenters. The van der Waals surface area contributed by atoms with Crippen molar-refractivity contribution in [3.8, 4) is 0 Å². The van der Waals surface area contributed by atoms with Crippen LogP contribution in [0.15, 0.2) is 0 Å². The van der Waals surface area contributed by atoms with E-state index < -0.39 is 0 Å². The molecule has 2 heteroatoms. The number of carbonyl (C=O) groups excluding carboxylic acids is 1. The van der Waals surface area contributed by atoms with Gasteiger partial charge in [0.05, 0.1) is 0 Å². The lowest BCUT2D eigenvalue weighted by molar-refractivity contribution is -0.117. The molecule has 1 N–H and O–H groups in total. The van der Waals surface area contributed by atoms with Crippen molar-refractivity contribution in [2.24, 2.45) is 0 Å². The summed E-state index contributed by atoms with van der Waals surface area (Å²) in [6.07, 6.45) is 2.87. The lowest BCUT2D eigenvalue weighted by Crippen LogP contribution is -2.16. The van der Waals surface area contributed by atoms with Crippen molar-refractivity contribution in [1.29, 1.82) is 0 Å². The molecule has 0 heterocycles. The summed E-state index contributed by atoms with van der Waals surface area (Å²) in [4.78, 5) is 10.4. The van der Waals surface area contributed by atoms with Crippen LogP contribution in [0, 0.1) is 0 Å². The first-order valence-electron chi connectivity index (χ1n) is 3.97. The Hall–Kier alpha value is -0.370. The van der Waals surface area contributed by atoms with Gasteiger partial charge in [-0.05, 0) is 32.9 Å². The van der Waals surface area contributed by atoms with Gasteiger partial charge >= 0.3 is 0 Å². The molecule has 0 fully saturated rings. The second-order valence-corrected chi connectivity index (χ2v) is 2.56. The van der Waals surface area contributed by atoms with E-state index in [1.807, 2.05) is 0 Å². The Bertz CT molecular complexity index is 91.3. The molecule has 60 valence electrons. The number of carbonyl (C=O) groups is 1. The van der Waals surface area contributed by atoms with E-state index in [-0.39, 0.29) is 0 Å². The topological polar surface area (TPSA) is 29.1 Å². The Morgan fingerprint density at radius 3 is 2.60 bits per heavy atom. The van der Waals surface area contributed by atoms with Gasteiger partial charge in [0.2, 0.25) is 0 Å². The molecule has 0 aromatic heterocycles. The van der Waals surface area contributed by atoms with Crippen LogP contribution in [0.1, 0.15) is 33.1 Å². The van der Waals surface area contributed by atoms with E-state index in [0.29, 0.717) is 5.78 Å². The first-order chi connectivity index (χ1) is 4.77. The van der Waals surface area contributed by atoms with Gasteiger partial charge in [0.15, 0.2) is 0 Å². The van der Waals surface area contributed by atoms with E-state index >= 15 is 0 Å². The van der Waals surface area contributed by atoms with Crippen LogP contribution in [0.4, 0.5) is 0 Å². The van der Waals surface area contributed by atoms with E-state index in [1.165, 1.54) is 6.42 Å². The molecule has 0 radical (unpaired) electrons. The average molecular weight is 143 g/mol. The van der Waals surface area contributed by atoms with Gasteiger partial charge in [-0.2, -0.15) is 0 Å². The number of ketones is 1. The van der Waals surface area contributed by atoms with Crippen molar-refractivity contribution < 1.29 is 4.79 Å². The number of rotatable bonds is 6. The maximum absolute atomic E-state index is 10.4. The van der Waals surface area contributed by atoms with Crippen molar-refractivity contribution in [3.63, 3.8) is 0 Å². The van der Waals surface area contributed by atoms with Gasteiger partial charge in [0, 0.05) is 6.42 Å². The number of Topliss-reactive ketones (excluding diaryl/α,β-unsaturated/α-hetero) is 1. The van der Waals surface area contributed by atoms with Gasteiger partial charge in [-0.3, -0.25) is 0 Å². The van der Waals surface area contributed by atoms with E-state index in [2.05, 4.69) is 12.2 Å². The third kappa shape index (κ3) is 7.63. The lowest BCUT2D eigenvalue weighted by atomic mass is 10.2. The zero-order chi connectivity index (χ0) is 7.82. The van der Waals surface area contributed by atoms with Gasteiger partial charge in [-0.25, -0.2) is 0 Å². The molecule has 0 atom stereocenters. The highest BCUT2D eigenvalue weighted by Gasteiger charge is 1.91. The minimum atomic E-state index is 0.290. The highest BCUT2D eigenvalue weighted by Crippen LogP contribution is 1.87. The van der Waals surface area contributed by atoms with Gasteiger partial charge in [0.25, 0.3) is 0 Å². The third-order valence-corrected chi connectivity index (χ3v) is 1.31. The SMILES string of the molecule is CCCNCCCC(C)=O. The van der Waals surface area contributed by atoms with Gasteiger partial charge in [-0.15, -0.1) is 0 Å². The Balaban J connectivity index is 2.84. The number of nitrogens with one attached hydrogen (secondary N) is 1. The second kappa shape index (κ2) is 6.75. The molecular weight excluding hydrogens is 126 g/mol. The van der Waals surface area contributed by atoms with Crippen LogP contribution in [0.25, 0.3) is 0 Å². The molecule has 0 aliphatic carbocycles. The molecule has 0 rings (SSSR count). The van der Waals surface area contributed by atoms with Gasteiger partial charge < -0.3 is 10.1 Å². The maximum atomic E-state index is 10.4. The van der Waals surface area contributed by atoms with Crippen LogP contribution in [0.2, 0.25) is 0 Å². The molecule has 0 bridgehead atoms. The van der Waals surface area contributed by atoms with E-state index in [0.717, 1.165) is 25.9 Å². The van der Waals surface area contributed by atoms with Crippen molar-refractivity contribution in [1.82, 2.24) is 5.32 Å². The number of hydrogen-bond donors (Lipinski definition) is 1. The summed E-state index contributed by atoms with van der Waals surface area (Å²) in [6.45, 7) is 5.82. The van der Waals surface area contributed by atoms with Crippen LogP contribution in [0.3, 0.4) is 0 Å². The largest absolute Gasteiger partial charge is 0.317 e. The normalized spacial score (nSPS) is 9.80. The zero-order valence-corrected chi connectivity index (χ0v) is 6.94. The summed E-state index contributed by atoms with van der Waals surface area (Å²) in [5.74, 6) is 0.290. The molecule has 0 aliphatic heterocycles. The lowest BCUT2D eigenvalue weighted by Gasteiger charge is -1.99. The molecule has 0 aromatic carbocycles. The van der Waals surface area contributed by atoms with Crippen molar-refractivity contribution in [3.05, 3.63) is 0 Å². The summed E-state index contributed by atoms with van der Waals surface area (Å²) >= 11 is 0.